The zero-order chi connectivity index (χ0) is 12.3. The molecule has 0 bridgehead atoms. The Labute approximate surface area is 92.7 Å². The van der Waals surface area contributed by atoms with Crippen LogP contribution in [0.2, 0.25) is 0 Å². The van der Waals surface area contributed by atoms with Crippen LogP contribution >= 0.6 is 0 Å². The summed E-state index contributed by atoms with van der Waals surface area (Å²) in [4.78, 5) is 22.2. The van der Waals surface area contributed by atoms with E-state index in [0.717, 1.165) is 0 Å². The molecule has 2 amide bonds. The van der Waals surface area contributed by atoms with Gasteiger partial charge in [0.25, 0.3) is 5.91 Å². The molecule has 0 fully saturated rings. The van der Waals surface area contributed by atoms with Gasteiger partial charge >= 0.3 is 6.09 Å². The third-order valence-corrected chi connectivity index (χ3v) is 1.53. The smallest absolute Gasteiger partial charge is 0.413 e. The number of ether oxygens (including phenoxy) is 1. The second-order valence-electron chi connectivity index (χ2n) is 4.24. The molecule has 0 aromatic carbocycles. The van der Waals surface area contributed by atoms with Gasteiger partial charge in [0.15, 0.2) is 5.75 Å². The molecule has 0 saturated carbocycles. The van der Waals surface area contributed by atoms with Crippen LogP contribution in [0.3, 0.4) is 0 Å². The van der Waals surface area contributed by atoms with E-state index < -0.39 is 17.5 Å². The van der Waals surface area contributed by atoms with Crippen LogP contribution in [0.15, 0.2) is 16.7 Å². The van der Waals surface area contributed by atoms with Gasteiger partial charge in [0.05, 0.1) is 6.26 Å². The van der Waals surface area contributed by atoms with Gasteiger partial charge in [-0.2, -0.15) is 0 Å². The third kappa shape index (κ3) is 3.30. The summed E-state index contributed by atoms with van der Waals surface area (Å²) in [6.45, 7) is 5.41. The summed E-state index contributed by atoms with van der Waals surface area (Å²) in [5.41, 5.74) is 4.59. The van der Waals surface area contributed by atoms with Crippen molar-refractivity contribution in [2.24, 2.45) is 5.73 Å². The molecule has 1 aromatic heterocycles. The molecule has 1 aromatic rings. The number of furan rings is 1. The molecule has 0 spiro atoms. The minimum atomic E-state index is -0.788. The lowest BCUT2D eigenvalue weighted by Crippen LogP contribution is -2.42. The first kappa shape index (κ1) is 12.1. The molecule has 0 unspecified atom stereocenters. The van der Waals surface area contributed by atoms with E-state index in [-0.39, 0.29) is 11.5 Å². The van der Waals surface area contributed by atoms with Crippen molar-refractivity contribution in [1.29, 1.82) is 0 Å². The number of nitrogens with two attached hydrogens (primary N) is 1. The van der Waals surface area contributed by atoms with Crippen molar-refractivity contribution >= 4 is 12.0 Å². The lowest BCUT2D eigenvalue weighted by Gasteiger charge is -2.19. The Morgan fingerprint density at radius 3 is 2.56 bits per heavy atom. The van der Waals surface area contributed by atoms with Crippen LogP contribution < -0.4 is 15.8 Å². The first-order valence-corrected chi connectivity index (χ1v) is 4.67. The predicted octanol–water partition coefficient (Wildman–Crippen LogP) is 1.27. The van der Waals surface area contributed by atoms with E-state index in [0.29, 0.717) is 0 Å². The Morgan fingerprint density at radius 1 is 1.44 bits per heavy atom. The van der Waals surface area contributed by atoms with Crippen molar-refractivity contribution in [2.75, 3.05) is 0 Å². The number of hydrogen-bond acceptors (Lipinski definition) is 4. The van der Waals surface area contributed by atoms with Crippen LogP contribution in [0.1, 0.15) is 31.3 Å². The summed E-state index contributed by atoms with van der Waals surface area (Å²) in [5, 5.41) is 2.57. The number of rotatable bonds is 2. The van der Waals surface area contributed by atoms with E-state index in [2.05, 4.69) is 5.32 Å². The van der Waals surface area contributed by atoms with Gasteiger partial charge in [0.1, 0.15) is 0 Å². The van der Waals surface area contributed by atoms with Crippen molar-refractivity contribution in [3.63, 3.8) is 0 Å². The molecule has 1 heterocycles. The molecule has 88 valence electrons. The van der Waals surface area contributed by atoms with Crippen molar-refractivity contribution in [3.05, 3.63) is 18.1 Å². The number of carbonyl (C=O) groups is 2. The molecule has 16 heavy (non-hydrogen) atoms. The SMILES string of the molecule is CC(C)(C)NC(=O)Oc1ccoc1C(N)=O. The van der Waals surface area contributed by atoms with Crippen LogP contribution in [0, 0.1) is 0 Å². The van der Waals surface area contributed by atoms with Crippen LogP contribution in [-0.4, -0.2) is 17.5 Å². The van der Waals surface area contributed by atoms with E-state index in [1.807, 2.05) is 0 Å². The average molecular weight is 226 g/mol. The molecular weight excluding hydrogens is 212 g/mol. The summed E-state index contributed by atoms with van der Waals surface area (Å²) in [5.74, 6) is -0.957. The van der Waals surface area contributed by atoms with Crippen molar-refractivity contribution in [1.82, 2.24) is 5.32 Å². The van der Waals surface area contributed by atoms with Crippen molar-refractivity contribution in [2.45, 2.75) is 26.3 Å². The fraction of sp³-hybridized carbons (Fsp3) is 0.400. The molecule has 0 aliphatic carbocycles. The summed E-state index contributed by atoms with van der Waals surface area (Å²) in [6.07, 6.45) is 0.552. The van der Waals surface area contributed by atoms with E-state index in [9.17, 15) is 9.59 Å². The predicted molar refractivity (Wildman–Crippen MR) is 56.1 cm³/mol. The number of amides is 2. The zero-order valence-electron chi connectivity index (χ0n) is 9.37. The molecule has 0 radical (unpaired) electrons. The number of primary amides is 1. The Morgan fingerprint density at radius 2 is 2.06 bits per heavy atom. The number of hydrogen-bond donors (Lipinski definition) is 2. The Kier molecular flexibility index (Phi) is 3.22. The monoisotopic (exact) mass is 226 g/mol. The normalized spacial score (nSPS) is 10.9. The van der Waals surface area contributed by atoms with Crippen molar-refractivity contribution in [3.8, 4) is 5.75 Å². The van der Waals surface area contributed by atoms with Gasteiger partial charge in [-0.15, -0.1) is 0 Å². The topological polar surface area (TPSA) is 94.6 Å². The summed E-state index contributed by atoms with van der Waals surface area (Å²) in [6, 6.07) is 1.35. The number of carbonyl (C=O) groups excluding carboxylic acids is 2. The maximum atomic E-state index is 11.4. The second-order valence-corrected chi connectivity index (χ2v) is 4.24. The van der Waals surface area contributed by atoms with Crippen molar-refractivity contribution < 1.29 is 18.7 Å². The molecule has 0 aliphatic heterocycles. The molecule has 6 heteroatoms. The minimum Gasteiger partial charge on any atom is -0.455 e. The van der Waals surface area contributed by atoms with Gasteiger partial charge in [-0.1, -0.05) is 0 Å². The van der Waals surface area contributed by atoms with Gasteiger partial charge in [-0.25, -0.2) is 4.79 Å². The molecule has 3 N–H and O–H groups in total. The Balaban J connectivity index is 2.70. The summed E-state index contributed by atoms with van der Waals surface area (Å²) < 4.78 is 9.66. The lowest BCUT2D eigenvalue weighted by molar-refractivity contribution is 0.0970. The van der Waals surface area contributed by atoms with E-state index in [4.69, 9.17) is 14.9 Å². The second kappa shape index (κ2) is 4.26. The van der Waals surface area contributed by atoms with E-state index in [1.165, 1.54) is 12.3 Å². The first-order valence-electron chi connectivity index (χ1n) is 4.67. The highest BCUT2D eigenvalue weighted by Gasteiger charge is 2.19. The quantitative estimate of drug-likeness (QED) is 0.793. The molecule has 0 aliphatic rings. The fourth-order valence-electron chi connectivity index (χ4n) is 0.989. The largest absolute Gasteiger partial charge is 0.455 e. The molecule has 0 atom stereocenters. The van der Waals surface area contributed by atoms with Gasteiger partial charge in [0.2, 0.25) is 5.76 Å². The minimum absolute atomic E-state index is 0.00856. The van der Waals surface area contributed by atoms with Gasteiger partial charge in [0, 0.05) is 11.6 Å². The maximum Gasteiger partial charge on any atom is 0.413 e. The lowest BCUT2D eigenvalue weighted by atomic mass is 10.1. The van der Waals surface area contributed by atoms with E-state index >= 15 is 0 Å². The molecule has 6 nitrogen and oxygen atoms in total. The van der Waals surface area contributed by atoms with Crippen LogP contribution in [0.5, 0.6) is 5.75 Å². The van der Waals surface area contributed by atoms with Gasteiger partial charge in [-0.3, -0.25) is 4.79 Å². The molecular formula is C10H14N2O4. The van der Waals surface area contributed by atoms with Crippen LogP contribution in [0.4, 0.5) is 4.79 Å². The fourth-order valence-corrected chi connectivity index (χ4v) is 0.989. The highest BCUT2D eigenvalue weighted by molar-refractivity contribution is 5.93. The standard InChI is InChI=1S/C10H14N2O4/c1-10(2,3)12-9(14)16-6-4-5-15-7(6)8(11)13/h4-5H,1-3H3,(H2,11,13)(H,12,14). The number of nitrogens with one attached hydrogen (secondary N) is 1. The van der Waals surface area contributed by atoms with E-state index in [1.54, 1.807) is 20.8 Å². The van der Waals surface area contributed by atoms with Crippen LogP contribution in [0.25, 0.3) is 0 Å². The maximum absolute atomic E-state index is 11.4. The van der Waals surface area contributed by atoms with Gasteiger partial charge in [-0.05, 0) is 20.8 Å². The third-order valence-electron chi connectivity index (χ3n) is 1.53. The summed E-state index contributed by atoms with van der Waals surface area (Å²) in [7, 11) is 0. The van der Waals surface area contributed by atoms with Gasteiger partial charge < -0.3 is 20.2 Å². The Bertz CT molecular complexity index is 403. The first-order chi connectivity index (χ1) is 7.29. The summed E-state index contributed by atoms with van der Waals surface area (Å²) >= 11 is 0. The molecule has 0 saturated heterocycles. The highest BCUT2D eigenvalue weighted by atomic mass is 16.6. The zero-order valence-corrected chi connectivity index (χ0v) is 9.37. The average Bonchev–Trinajstić information content (AvgIpc) is 2.47. The molecule has 1 rings (SSSR count). The Hall–Kier alpha value is -1.98. The highest BCUT2D eigenvalue weighted by Crippen LogP contribution is 2.19. The van der Waals surface area contributed by atoms with Crippen LogP contribution in [-0.2, 0) is 0 Å².